The van der Waals surface area contributed by atoms with E-state index < -0.39 is 0 Å². The summed E-state index contributed by atoms with van der Waals surface area (Å²) < 4.78 is 5.62. The molecule has 0 radical (unpaired) electrons. The van der Waals surface area contributed by atoms with Crippen molar-refractivity contribution >= 4 is 28.3 Å². The molecule has 2 aromatic carbocycles. The van der Waals surface area contributed by atoms with Crippen molar-refractivity contribution in [3.05, 3.63) is 60.0 Å². The monoisotopic (exact) mass is 482 g/mol. The molecule has 1 aliphatic carbocycles. The summed E-state index contributed by atoms with van der Waals surface area (Å²) in [6, 6.07) is 12.1. The zero-order valence-corrected chi connectivity index (χ0v) is 20.7. The number of aromatic nitrogens is 4. The summed E-state index contributed by atoms with van der Waals surface area (Å²) >= 11 is 0. The second-order valence-electron chi connectivity index (χ2n) is 9.81. The molecule has 2 fully saturated rings. The van der Waals surface area contributed by atoms with Crippen LogP contribution < -0.4 is 9.64 Å². The van der Waals surface area contributed by atoms with Crippen molar-refractivity contribution in [3.63, 3.8) is 0 Å². The van der Waals surface area contributed by atoms with Gasteiger partial charge in [-0.3, -0.25) is 14.9 Å². The van der Waals surface area contributed by atoms with Crippen molar-refractivity contribution in [2.75, 3.05) is 31.6 Å². The molecule has 1 saturated carbocycles. The number of nitrogens with zero attached hydrogens (tertiary/aromatic N) is 5. The Bertz CT molecular complexity index is 1420. The fourth-order valence-corrected chi connectivity index (χ4v) is 4.91. The Morgan fingerprint density at radius 2 is 1.92 bits per heavy atom. The van der Waals surface area contributed by atoms with Crippen molar-refractivity contribution in [2.24, 2.45) is 5.92 Å². The Hall–Kier alpha value is -3.94. The molecule has 0 bridgehead atoms. The molecule has 1 saturated heterocycles. The maximum atomic E-state index is 13.2. The molecular formula is C28H30N6O2. The lowest BCUT2D eigenvalue weighted by Crippen LogP contribution is -2.28. The Morgan fingerprint density at radius 3 is 2.64 bits per heavy atom. The number of amides is 1. The number of aryl methyl sites for hydroxylation is 1. The van der Waals surface area contributed by atoms with E-state index in [2.05, 4.69) is 32.2 Å². The van der Waals surface area contributed by atoms with Crippen LogP contribution in [-0.4, -0.2) is 57.7 Å². The van der Waals surface area contributed by atoms with Gasteiger partial charge in [0.05, 0.1) is 36.2 Å². The molecule has 4 aromatic rings. The van der Waals surface area contributed by atoms with Gasteiger partial charge < -0.3 is 14.5 Å². The number of rotatable bonds is 7. The van der Waals surface area contributed by atoms with E-state index >= 15 is 0 Å². The topological polar surface area (TPSA) is 87.2 Å². The van der Waals surface area contributed by atoms with Crippen LogP contribution in [0.2, 0.25) is 0 Å². The molecule has 184 valence electrons. The minimum Gasteiger partial charge on any atom is -0.497 e. The van der Waals surface area contributed by atoms with Crippen molar-refractivity contribution in [3.8, 4) is 17.0 Å². The standard InChI is InChI=1S/C28H30N6O2/c1-18-24(15-30-32-18)27-16-29-25-8-7-21(14-26(25)31-27)34(17-19-5-6-19)22-11-20(12-23(13-22)36-2)28(35)33-9-3-4-10-33/h7-8,11-16,19H,3-6,9-10,17H2,1-2H3,(H,30,32). The smallest absolute Gasteiger partial charge is 0.254 e. The van der Waals surface area contributed by atoms with Crippen LogP contribution in [0.25, 0.3) is 22.3 Å². The number of methoxy groups -OCH3 is 1. The number of likely N-dealkylation sites (tertiary alicyclic amines) is 1. The molecule has 8 nitrogen and oxygen atoms in total. The first-order valence-electron chi connectivity index (χ1n) is 12.6. The van der Waals surface area contributed by atoms with Gasteiger partial charge in [-0.2, -0.15) is 5.10 Å². The molecule has 1 amide bonds. The summed E-state index contributed by atoms with van der Waals surface area (Å²) in [6.07, 6.45) is 8.14. The number of aromatic amines is 1. The fraction of sp³-hybridized carbons (Fsp3) is 0.357. The van der Waals surface area contributed by atoms with Crippen molar-refractivity contribution in [1.29, 1.82) is 0 Å². The van der Waals surface area contributed by atoms with Gasteiger partial charge in [-0.15, -0.1) is 0 Å². The Morgan fingerprint density at radius 1 is 1.08 bits per heavy atom. The molecular weight excluding hydrogens is 452 g/mol. The van der Waals surface area contributed by atoms with Gasteiger partial charge in [0.1, 0.15) is 5.75 Å². The number of nitrogens with one attached hydrogen (secondary N) is 1. The van der Waals surface area contributed by atoms with E-state index in [1.165, 1.54) is 12.8 Å². The highest BCUT2D eigenvalue weighted by atomic mass is 16.5. The Balaban J connectivity index is 1.41. The summed E-state index contributed by atoms with van der Waals surface area (Å²) in [7, 11) is 1.65. The van der Waals surface area contributed by atoms with Crippen LogP contribution in [0.5, 0.6) is 5.75 Å². The molecule has 8 heteroatoms. The van der Waals surface area contributed by atoms with Crippen LogP contribution in [0.15, 0.2) is 48.8 Å². The van der Waals surface area contributed by atoms with Crippen molar-refractivity contribution in [1.82, 2.24) is 25.1 Å². The summed E-state index contributed by atoms with van der Waals surface area (Å²) in [6.45, 7) is 4.49. The van der Waals surface area contributed by atoms with Gasteiger partial charge in [-0.1, -0.05) is 0 Å². The average Bonchev–Trinajstić information content (AvgIpc) is 3.36. The number of hydrogen-bond donors (Lipinski definition) is 1. The summed E-state index contributed by atoms with van der Waals surface area (Å²) in [5, 5.41) is 7.10. The number of fused-ring (bicyclic) bond motifs is 1. The number of hydrogen-bond acceptors (Lipinski definition) is 6. The van der Waals surface area contributed by atoms with Crippen LogP contribution in [0, 0.1) is 12.8 Å². The molecule has 2 aromatic heterocycles. The highest BCUT2D eigenvalue weighted by molar-refractivity contribution is 5.96. The summed E-state index contributed by atoms with van der Waals surface area (Å²) in [4.78, 5) is 27.0. The van der Waals surface area contributed by atoms with E-state index in [-0.39, 0.29) is 5.91 Å². The lowest BCUT2D eigenvalue weighted by Gasteiger charge is -2.27. The predicted octanol–water partition coefficient (Wildman–Crippen LogP) is 5.12. The van der Waals surface area contributed by atoms with Crippen LogP contribution in [0.1, 0.15) is 41.7 Å². The van der Waals surface area contributed by atoms with Gasteiger partial charge in [0.25, 0.3) is 5.91 Å². The van der Waals surface area contributed by atoms with E-state index in [0.29, 0.717) is 17.2 Å². The highest BCUT2D eigenvalue weighted by Crippen LogP contribution is 2.38. The van der Waals surface area contributed by atoms with Gasteiger partial charge in [0, 0.05) is 53.9 Å². The first kappa shape index (κ1) is 22.5. The van der Waals surface area contributed by atoms with Gasteiger partial charge in [-0.25, -0.2) is 4.98 Å². The Kier molecular flexibility index (Phi) is 5.79. The molecule has 1 aliphatic heterocycles. The number of benzene rings is 2. The minimum atomic E-state index is 0.0727. The summed E-state index contributed by atoms with van der Waals surface area (Å²) in [5.41, 5.74) is 7.01. The SMILES string of the molecule is COc1cc(C(=O)N2CCCC2)cc(N(CC2CC2)c2ccc3ncc(-c4cn[nH]c4C)nc3c2)c1. The van der Waals surface area contributed by atoms with Crippen molar-refractivity contribution in [2.45, 2.75) is 32.6 Å². The molecule has 0 atom stereocenters. The van der Waals surface area contributed by atoms with Gasteiger partial charge >= 0.3 is 0 Å². The van der Waals surface area contributed by atoms with Gasteiger partial charge in [-0.05, 0) is 68.9 Å². The maximum Gasteiger partial charge on any atom is 0.254 e. The zero-order chi connectivity index (χ0) is 24.6. The van der Waals surface area contributed by atoms with Crippen molar-refractivity contribution < 1.29 is 9.53 Å². The number of H-pyrrole nitrogens is 1. The van der Waals surface area contributed by atoms with Gasteiger partial charge in [0.2, 0.25) is 0 Å². The maximum absolute atomic E-state index is 13.2. The molecule has 6 rings (SSSR count). The van der Waals surface area contributed by atoms with E-state index in [1.54, 1.807) is 19.5 Å². The fourth-order valence-electron chi connectivity index (χ4n) is 4.91. The third-order valence-corrected chi connectivity index (χ3v) is 7.16. The van der Waals surface area contributed by atoms with E-state index in [1.807, 2.05) is 36.1 Å². The number of ether oxygens (including phenoxy) is 1. The molecule has 36 heavy (non-hydrogen) atoms. The van der Waals surface area contributed by atoms with Crippen LogP contribution in [0.4, 0.5) is 11.4 Å². The first-order chi connectivity index (χ1) is 17.6. The second kappa shape index (κ2) is 9.26. The lowest BCUT2D eigenvalue weighted by molar-refractivity contribution is 0.0792. The lowest BCUT2D eigenvalue weighted by atomic mass is 10.1. The molecule has 3 heterocycles. The van der Waals surface area contributed by atoms with Gasteiger partial charge in [0.15, 0.2) is 0 Å². The third-order valence-electron chi connectivity index (χ3n) is 7.16. The van der Waals surface area contributed by atoms with E-state index in [9.17, 15) is 4.79 Å². The zero-order valence-electron chi connectivity index (χ0n) is 20.7. The average molecular weight is 483 g/mol. The van der Waals surface area contributed by atoms with E-state index in [4.69, 9.17) is 9.72 Å². The Labute approximate surface area is 210 Å². The van der Waals surface area contributed by atoms with Crippen LogP contribution >= 0.6 is 0 Å². The predicted molar refractivity (Wildman–Crippen MR) is 140 cm³/mol. The number of carbonyl (C=O) groups is 1. The number of carbonyl (C=O) groups excluding carboxylic acids is 1. The molecule has 0 spiro atoms. The third kappa shape index (κ3) is 4.39. The first-order valence-corrected chi connectivity index (χ1v) is 12.6. The second-order valence-corrected chi connectivity index (χ2v) is 9.81. The summed E-state index contributed by atoms with van der Waals surface area (Å²) in [5.74, 6) is 1.40. The van der Waals surface area contributed by atoms with E-state index in [0.717, 1.165) is 71.8 Å². The number of anilines is 2. The largest absolute Gasteiger partial charge is 0.497 e. The highest BCUT2D eigenvalue weighted by Gasteiger charge is 2.27. The van der Waals surface area contributed by atoms with Crippen LogP contribution in [0.3, 0.4) is 0 Å². The minimum absolute atomic E-state index is 0.0727. The molecule has 0 unspecified atom stereocenters. The normalized spacial score (nSPS) is 15.4. The molecule has 2 aliphatic rings. The van der Waals surface area contributed by atoms with Crippen LogP contribution in [-0.2, 0) is 0 Å². The quantitative estimate of drug-likeness (QED) is 0.393. The molecule has 1 N–H and O–H groups in total.